The third-order valence-corrected chi connectivity index (χ3v) is 3.42. The Morgan fingerprint density at radius 3 is 2.26 bits per heavy atom. The number of benzene rings is 2. The zero-order valence-electron chi connectivity index (χ0n) is 9.81. The van der Waals surface area contributed by atoms with Gasteiger partial charge in [0.25, 0.3) is 0 Å². The second-order valence-electron chi connectivity index (χ2n) is 3.72. The van der Waals surface area contributed by atoms with Gasteiger partial charge in [-0.3, -0.25) is 10.2 Å². The minimum Gasteiger partial charge on any atom is -0.286 e. The minimum atomic E-state index is -0.162. The summed E-state index contributed by atoms with van der Waals surface area (Å²) in [5, 5.41) is 4.02. The van der Waals surface area contributed by atoms with E-state index in [0.29, 0.717) is 5.56 Å². The molecule has 0 atom stereocenters. The number of nitrogens with zero attached hydrogens (tertiary/aromatic N) is 1. The highest BCUT2D eigenvalue weighted by Crippen LogP contribution is 2.14. The van der Waals surface area contributed by atoms with Crippen LogP contribution in [0, 0.1) is 0 Å². The standard InChI is InChI=1S/C14H10Br2N2O/c15-11-6-8-12(9-7-11)17-18-14(16)13(19)10-4-2-1-3-5-10/h1-9,17H/b18-14-. The molecular weight excluding hydrogens is 372 g/mol. The second-order valence-corrected chi connectivity index (χ2v) is 5.38. The number of carbonyl (C=O) groups excluding carboxylic acids is 1. The van der Waals surface area contributed by atoms with Crippen LogP contribution in [0.1, 0.15) is 10.4 Å². The van der Waals surface area contributed by atoms with E-state index in [9.17, 15) is 4.79 Å². The summed E-state index contributed by atoms with van der Waals surface area (Å²) < 4.78 is 1.23. The fourth-order valence-electron chi connectivity index (χ4n) is 1.40. The molecule has 2 aromatic rings. The van der Waals surface area contributed by atoms with Crippen molar-refractivity contribution in [2.24, 2.45) is 5.10 Å². The van der Waals surface area contributed by atoms with Gasteiger partial charge >= 0.3 is 0 Å². The van der Waals surface area contributed by atoms with Gasteiger partial charge < -0.3 is 0 Å². The lowest BCUT2D eigenvalue weighted by Gasteiger charge is -2.02. The maximum atomic E-state index is 12.0. The van der Waals surface area contributed by atoms with Crippen LogP contribution < -0.4 is 5.43 Å². The average Bonchev–Trinajstić information content (AvgIpc) is 2.46. The van der Waals surface area contributed by atoms with Gasteiger partial charge in [-0.05, 0) is 40.2 Å². The van der Waals surface area contributed by atoms with Crippen LogP contribution in [0.2, 0.25) is 0 Å². The number of Topliss-reactive ketones (excluding diaryl/α,β-unsaturated/α-hetero) is 1. The summed E-state index contributed by atoms with van der Waals surface area (Å²) in [6.45, 7) is 0. The first-order valence-electron chi connectivity index (χ1n) is 5.51. The number of hydrogen-bond acceptors (Lipinski definition) is 3. The lowest BCUT2D eigenvalue weighted by atomic mass is 10.1. The van der Waals surface area contributed by atoms with Crippen LogP contribution in [0.25, 0.3) is 0 Å². The maximum Gasteiger partial charge on any atom is 0.220 e. The van der Waals surface area contributed by atoms with Gasteiger partial charge in [-0.15, -0.1) is 0 Å². The van der Waals surface area contributed by atoms with Gasteiger partial charge in [0.05, 0.1) is 5.69 Å². The topological polar surface area (TPSA) is 41.5 Å². The molecule has 3 nitrogen and oxygen atoms in total. The van der Waals surface area contributed by atoms with Gasteiger partial charge in [0, 0.05) is 10.0 Å². The van der Waals surface area contributed by atoms with Crippen molar-refractivity contribution in [3.05, 3.63) is 64.6 Å². The zero-order valence-corrected chi connectivity index (χ0v) is 13.0. The predicted molar refractivity (Wildman–Crippen MR) is 84.9 cm³/mol. The zero-order chi connectivity index (χ0) is 13.7. The molecule has 0 amide bonds. The highest BCUT2D eigenvalue weighted by atomic mass is 79.9. The van der Waals surface area contributed by atoms with Crippen molar-refractivity contribution in [1.82, 2.24) is 0 Å². The number of rotatable bonds is 4. The van der Waals surface area contributed by atoms with E-state index in [2.05, 4.69) is 42.4 Å². The van der Waals surface area contributed by atoms with Crippen LogP contribution in [0.15, 0.2) is 64.2 Å². The van der Waals surface area contributed by atoms with E-state index in [1.165, 1.54) is 0 Å². The van der Waals surface area contributed by atoms with Crippen molar-refractivity contribution in [3.8, 4) is 0 Å². The fraction of sp³-hybridized carbons (Fsp3) is 0. The minimum absolute atomic E-state index is 0.162. The number of anilines is 1. The van der Waals surface area contributed by atoms with Gasteiger partial charge in [0.15, 0.2) is 4.62 Å². The van der Waals surface area contributed by atoms with Crippen molar-refractivity contribution in [1.29, 1.82) is 0 Å². The lowest BCUT2D eigenvalue weighted by molar-refractivity contribution is 0.106. The maximum absolute atomic E-state index is 12.0. The van der Waals surface area contributed by atoms with Crippen molar-refractivity contribution in [2.45, 2.75) is 0 Å². The van der Waals surface area contributed by atoms with Crippen molar-refractivity contribution in [2.75, 3.05) is 5.43 Å². The summed E-state index contributed by atoms with van der Waals surface area (Å²) in [4.78, 5) is 12.0. The SMILES string of the molecule is O=C(/C(Br)=N/Nc1ccc(Br)cc1)c1ccccc1. The molecule has 0 saturated heterocycles. The molecule has 2 rings (SSSR count). The monoisotopic (exact) mass is 380 g/mol. The van der Waals surface area contributed by atoms with Crippen LogP contribution in [0.3, 0.4) is 0 Å². The molecule has 0 spiro atoms. The summed E-state index contributed by atoms with van der Waals surface area (Å²) in [6, 6.07) is 16.5. The Balaban J connectivity index is 2.07. The normalized spacial score (nSPS) is 11.2. The quantitative estimate of drug-likeness (QED) is 0.482. The Morgan fingerprint density at radius 1 is 1.00 bits per heavy atom. The van der Waals surface area contributed by atoms with Gasteiger partial charge in [-0.25, -0.2) is 0 Å². The molecule has 0 unspecified atom stereocenters. The first-order valence-corrected chi connectivity index (χ1v) is 7.10. The molecule has 1 N–H and O–H groups in total. The van der Waals surface area contributed by atoms with E-state index in [-0.39, 0.29) is 10.4 Å². The molecule has 0 aliphatic heterocycles. The summed E-state index contributed by atoms with van der Waals surface area (Å²) >= 11 is 6.53. The molecule has 0 fully saturated rings. The van der Waals surface area contributed by atoms with Crippen LogP contribution in [-0.2, 0) is 0 Å². The van der Waals surface area contributed by atoms with Crippen LogP contribution in [0.4, 0.5) is 5.69 Å². The number of hydrazone groups is 1. The van der Waals surface area contributed by atoms with Crippen molar-refractivity contribution < 1.29 is 4.79 Å². The fourth-order valence-corrected chi connectivity index (χ4v) is 1.98. The molecular formula is C14H10Br2N2O. The molecule has 0 radical (unpaired) electrons. The number of hydrogen-bond donors (Lipinski definition) is 1. The summed E-state index contributed by atoms with van der Waals surface area (Å²) in [5.41, 5.74) is 4.22. The first-order chi connectivity index (χ1) is 9.16. The molecule has 2 aromatic carbocycles. The highest BCUT2D eigenvalue weighted by molar-refractivity contribution is 9.19. The molecule has 96 valence electrons. The molecule has 0 heterocycles. The number of ketones is 1. The Labute approximate surface area is 128 Å². The summed E-state index contributed by atoms with van der Waals surface area (Å²) in [7, 11) is 0. The van der Waals surface area contributed by atoms with Gasteiger partial charge in [0.1, 0.15) is 0 Å². The van der Waals surface area contributed by atoms with E-state index in [1.807, 2.05) is 42.5 Å². The van der Waals surface area contributed by atoms with Crippen LogP contribution in [0.5, 0.6) is 0 Å². The summed E-state index contributed by atoms with van der Waals surface area (Å²) in [6.07, 6.45) is 0. The molecule has 5 heteroatoms. The number of nitrogens with one attached hydrogen (secondary N) is 1. The van der Waals surface area contributed by atoms with E-state index >= 15 is 0 Å². The van der Waals surface area contributed by atoms with Crippen LogP contribution >= 0.6 is 31.9 Å². The molecule has 0 saturated carbocycles. The van der Waals surface area contributed by atoms with Gasteiger partial charge in [-0.2, -0.15) is 5.10 Å². The Morgan fingerprint density at radius 2 is 1.63 bits per heavy atom. The smallest absolute Gasteiger partial charge is 0.220 e. The van der Waals surface area contributed by atoms with Gasteiger partial charge in [-0.1, -0.05) is 46.3 Å². The Kier molecular flexibility index (Phi) is 4.87. The predicted octanol–water partition coefficient (Wildman–Crippen LogP) is 4.45. The van der Waals surface area contributed by atoms with E-state index in [1.54, 1.807) is 12.1 Å². The van der Waals surface area contributed by atoms with Crippen molar-refractivity contribution >= 4 is 48.0 Å². The van der Waals surface area contributed by atoms with Crippen LogP contribution in [-0.4, -0.2) is 10.4 Å². The molecule has 0 aliphatic carbocycles. The lowest BCUT2D eigenvalue weighted by Crippen LogP contribution is -2.09. The second kappa shape index (κ2) is 6.63. The molecule has 0 aromatic heterocycles. The third-order valence-electron chi connectivity index (χ3n) is 2.35. The first kappa shape index (κ1) is 14.0. The summed E-state index contributed by atoms with van der Waals surface area (Å²) in [5.74, 6) is -0.162. The van der Waals surface area contributed by atoms with Crippen molar-refractivity contribution in [3.63, 3.8) is 0 Å². The third kappa shape index (κ3) is 4.01. The Bertz CT molecular complexity index is 595. The van der Waals surface area contributed by atoms with E-state index < -0.39 is 0 Å². The molecule has 19 heavy (non-hydrogen) atoms. The average molecular weight is 382 g/mol. The highest BCUT2D eigenvalue weighted by Gasteiger charge is 2.10. The van der Waals surface area contributed by atoms with E-state index in [4.69, 9.17) is 0 Å². The van der Waals surface area contributed by atoms with Gasteiger partial charge in [0.2, 0.25) is 5.78 Å². The van der Waals surface area contributed by atoms with E-state index in [0.717, 1.165) is 10.2 Å². The largest absolute Gasteiger partial charge is 0.286 e. The number of carbonyl (C=O) groups is 1. The number of halogens is 2. The molecule has 0 bridgehead atoms. The Hall–Kier alpha value is -1.46. The molecule has 0 aliphatic rings.